The molecule has 2 nitrogen and oxygen atoms in total. The average molecular weight is 487 g/mol. The highest BCUT2D eigenvalue weighted by Crippen LogP contribution is 2.43. The molecular formula is C27H20BrO2P. The van der Waals surface area contributed by atoms with Gasteiger partial charge in [0.1, 0.15) is 0 Å². The van der Waals surface area contributed by atoms with E-state index in [2.05, 4.69) is 15.9 Å². The highest BCUT2D eigenvalue weighted by Gasteiger charge is 2.28. The van der Waals surface area contributed by atoms with E-state index in [0.717, 1.165) is 20.4 Å². The van der Waals surface area contributed by atoms with Gasteiger partial charge in [0.2, 0.25) is 11.6 Å². The molecule has 4 heteroatoms. The lowest BCUT2D eigenvalue weighted by Crippen LogP contribution is -2.30. The molecule has 0 fully saturated rings. The summed E-state index contributed by atoms with van der Waals surface area (Å²) in [5, 5.41) is 3.10. The summed E-state index contributed by atoms with van der Waals surface area (Å²) < 4.78 is 0.861. The third-order valence-corrected chi connectivity index (χ3v) is 9.62. The summed E-state index contributed by atoms with van der Waals surface area (Å²) in [4.78, 5) is 26.4. The Morgan fingerprint density at radius 1 is 0.581 bits per heavy atom. The predicted octanol–water partition coefficient (Wildman–Crippen LogP) is 5.00. The molecule has 0 spiro atoms. The van der Waals surface area contributed by atoms with E-state index in [-0.39, 0.29) is 0 Å². The van der Waals surface area contributed by atoms with E-state index >= 15 is 0 Å². The summed E-state index contributed by atoms with van der Waals surface area (Å²) >= 11 is 3.37. The summed E-state index contributed by atoms with van der Waals surface area (Å²) in [5.41, 5.74) is 0.386. The minimum atomic E-state index is -2.50. The molecule has 0 saturated carbocycles. The molecule has 0 aromatic heterocycles. The first kappa shape index (κ1) is 21.2. The van der Waals surface area contributed by atoms with Crippen LogP contribution in [0.15, 0.2) is 120 Å². The van der Waals surface area contributed by atoms with Crippen molar-refractivity contribution in [2.75, 3.05) is 0 Å². The van der Waals surface area contributed by atoms with Crippen molar-refractivity contribution in [1.82, 2.24) is 0 Å². The second-order valence-electron chi connectivity index (χ2n) is 7.06. The molecule has 0 aliphatic carbocycles. The lowest BCUT2D eigenvalue weighted by molar-refractivity contribution is -0.108. The van der Waals surface area contributed by atoms with E-state index in [9.17, 15) is 9.59 Å². The first-order valence-corrected chi connectivity index (χ1v) is 12.5. The monoisotopic (exact) mass is 486 g/mol. The third kappa shape index (κ3) is 4.39. The van der Waals surface area contributed by atoms with Gasteiger partial charge in [0.05, 0.1) is 0 Å². The molecule has 0 unspecified atom stereocenters. The van der Waals surface area contributed by atoms with E-state index in [1.807, 2.05) is 91.0 Å². The Morgan fingerprint density at radius 3 is 1.35 bits per heavy atom. The van der Waals surface area contributed by atoms with Crippen LogP contribution in [-0.4, -0.2) is 17.4 Å². The van der Waals surface area contributed by atoms with Crippen LogP contribution in [0.3, 0.4) is 0 Å². The Hall–Kier alpha value is -3.00. The highest BCUT2D eigenvalue weighted by atomic mass is 79.9. The number of carbonyl (C=O) groups excluding carboxylic acids is 2. The molecular weight excluding hydrogens is 467 g/mol. The Balaban J connectivity index is 1.99. The molecule has 0 heterocycles. The van der Waals surface area contributed by atoms with Gasteiger partial charge in [-0.15, -0.1) is 0 Å². The molecule has 4 aromatic rings. The molecule has 4 aromatic carbocycles. The second kappa shape index (κ2) is 9.43. The van der Waals surface area contributed by atoms with Crippen LogP contribution in [-0.2, 0) is 4.79 Å². The number of hydrogen-bond acceptors (Lipinski definition) is 2. The van der Waals surface area contributed by atoms with E-state index in [4.69, 9.17) is 0 Å². The summed E-state index contributed by atoms with van der Waals surface area (Å²) in [6.45, 7) is -2.50. The molecule has 0 radical (unpaired) electrons. The van der Waals surface area contributed by atoms with Crippen molar-refractivity contribution in [3.8, 4) is 0 Å². The number of rotatable bonds is 6. The van der Waals surface area contributed by atoms with Gasteiger partial charge in [-0.1, -0.05) is 107 Å². The van der Waals surface area contributed by atoms with Gasteiger partial charge in [-0.05, 0) is 52.9 Å². The zero-order chi connectivity index (χ0) is 21.7. The molecule has 31 heavy (non-hydrogen) atoms. The largest absolute Gasteiger partial charge is 0.285 e. The number of benzene rings is 4. The Morgan fingerprint density at radius 2 is 0.968 bits per heavy atom. The molecule has 0 bridgehead atoms. The van der Waals surface area contributed by atoms with Gasteiger partial charge in [0, 0.05) is 10.0 Å². The van der Waals surface area contributed by atoms with Crippen LogP contribution >= 0.6 is 22.8 Å². The zero-order valence-electron chi connectivity index (χ0n) is 16.7. The Labute approximate surface area is 190 Å². The molecule has 0 aliphatic rings. The minimum Gasteiger partial charge on any atom is -0.285 e. The molecule has 152 valence electrons. The van der Waals surface area contributed by atoms with Crippen LogP contribution in [0.5, 0.6) is 0 Å². The van der Waals surface area contributed by atoms with Crippen molar-refractivity contribution >= 4 is 56.1 Å². The van der Waals surface area contributed by atoms with Gasteiger partial charge in [-0.2, -0.15) is 0 Å². The molecule has 0 saturated heterocycles. The van der Waals surface area contributed by atoms with Gasteiger partial charge in [0.15, 0.2) is 0 Å². The summed E-state index contributed by atoms with van der Waals surface area (Å²) in [5.74, 6) is 0.684. The van der Waals surface area contributed by atoms with E-state index < -0.39 is 18.5 Å². The maximum atomic E-state index is 13.4. The highest BCUT2D eigenvalue weighted by molar-refractivity contribution is 9.10. The van der Waals surface area contributed by atoms with Crippen LogP contribution < -0.4 is 15.9 Å². The van der Waals surface area contributed by atoms with Crippen LogP contribution in [0.25, 0.3) is 0 Å². The van der Waals surface area contributed by atoms with Crippen molar-refractivity contribution in [3.63, 3.8) is 0 Å². The van der Waals surface area contributed by atoms with Crippen LogP contribution in [0, 0.1) is 0 Å². The molecule has 4 rings (SSSR count). The molecule has 0 amide bonds. The van der Waals surface area contributed by atoms with Crippen LogP contribution in [0.1, 0.15) is 10.4 Å². The van der Waals surface area contributed by atoms with Crippen LogP contribution in [0.2, 0.25) is 0 Å². The molecule has 0 aliphatic heterocycles. The number of ketones is 2. The Bertz CT molecular complexity index is 1150. The normalized spacial score (nSPS) is 11.0. The maximum Gasteiger partial charge on any atom is 0.232 e. The quantitative estimate of drug-likeness (QED) is 0.218. The zero-order valence-corrected chi connectivity index (χ0v) is 19.2. The number of carbonyl (C=O) groups is 2. The van der Waals surface area contributed by atoms with Gasteiger partial charge in [-0.3, -0.25) is 9.59 Å². The first-order valence-electron chi connectivity index (χ1n) is 9.87. The lowest BCUT2D eigenvalue weighted by atomic mass is 10.1. The van der Waals surface area contributed by atoms with E-state index in [1.54, 1.807) is 30.1 Å². The topological polar surface area (TPSA) is 34.1 Å². The minimum absolute atomic E-state index is 0.386. The fraction of sp³-hybridized carbons (Fsp3) is 0. The molecule has 0 atom stereocenters. The second-order valence-corrected chi connectivity index (χ2v) is 11.2. The number of hydrogen-bond donors (Lipinski definition) is 0. The average Bonchev–Trinajstić information content (AvgIpc) is 2.84. The maximum absolute atomic E-state index is 13.4. The lowest BCUT2D eigenvalue weighted by Gasteiger charge is -2.28. The van der Waals surface area contributed by atoms with Crippen molar-refractivity contribution in [2.24, 2.45) is 0 Å². The van der Waals surface area contributed by atoms with Crippen molar-refractivity contribution in [3.05, 3.63) is 125 Å². The van der Waals surface area contributed by atoms with Crippen LogP contribution in [0.4, 0.5) is 0 Å². The predicted molar refractivity (Wildman–Crippen MR) is 135 cm³/mol. The third-order valence-electron chi connectivity index (χ3n) is 5.13. The van der Waals surface area contributed by atoms with Gasteiger partial charge >= 0.3 is 0 Å². The van der Waals surface area contributed by atoms with Crippen molar-refractivity contribution in [2.45, 2.75) is 0 Å². The number of Topliss-reactive ketones (excluding diaryl/α,β-unsaturated/α-hetero) is 2. The SMILES string of the molecule is O=C(C=P(c1ccccc1)(c1ccccc1)c1ccccc1)C(=O)c1ccc(Br)cc1. The molecule has 0 N–H and O–H groups in total. The smallest absolute Gasteiger partial charge is 0.232 e. The van der Waals surface area contributed by atoms with E-state index in [0.29, 0.717) is 5.56 Å². The Kier molecular flexibility index (Phi) is 6.46. The summed E-state index contributed by atoms with van der Waals surface area (Å²) in [7, 11) is 0. The van der Waals surface area contributed by atoms with Gasteiger partial charge < -0.3 is 0 Å². The number of halogens is 1. The standard InChI is InChI=1S/C27H20BrO2P/c28-22-18-16-21(17-19-22)27(30)26(29)20-31(23-10-4-1-5-11-23,24-12-6-2-7-13-24)25-14-8-3-9-15-25/h1-20H. The van der Waals surface area contributed by atoms with Crippen molar-refractivity contribution in [1.29, 1.82) is 0 Å². The van der Waals surface area contributed by atoms with Gasteiger partial charge in [-0.25, -0.2) is 0 Å². The van der Waals surface area contributed by atoms with Gasteiger partial charge in [0.25, 0.3) is 0 Å². The summed E-state index contributed by atoms with van der Waals surface area (Å²) in [6.07, 6.45) is 0. The van der Waals surface area contributed by atoms with E-state index in [1.165, 1.54) is 0 Å². The summed E-state index contributed by atoms with van der Waals surface area (Å²) in [6, 6.07) is 36.9. The van der Waals surface area contributed by atoms with Crippen molar-refractivity contribution < 1.29 is 9.59 Å². The fourth-order valence-corrected chi connectivity index (χ4v) is 7.64. The first-order chi connectivity index (χ1) is 15.1. The fourth-order valence-electron chi connectivity index (χ4n) is 3.64.